The highest BCUT2D eigenvalue weighted by atomic mass is 32.1. The molecule has 1 aromatic rings. The van der Waals surface area contributed by atoms with Gasteiger partial charge in [-0.3, -0.25) is 4.79 Å². The van der Waals surface area contributed by atoms with E-state index in [4.69, 9.17) is 18.0 Å². The lowest BCUT2D eigenvalue weighted by molar-refractivity contribution is -0.128. The van der Waals surface area contributed by atoms with E-state index in [0.29, 0.717) is 24.3 Å². The van der Waals surface area contributed by atoms with Gasteiger partial charge in [0.25, 0.3) is 0 Å². The van der Waals surface area contributed by atoms with E-state index < -0.39 is 5.82 Å². The number of nitrogens with two attached hydrogens (primary N) is 1. The summed E-state index contributed by atoms with van der Waals surface area (Å²) in [6.45, 7) is 5.27. The van der Waals surface area contributed by atoms with Crippen molar-refractivity contribution in [2.24, 2.45) is 5.73 Å². The number of benzene rings is 1. The van der Waals surface area contributed by atoms with Gasteiger partial charge in [-0.1, -0.05) is 12.2 Å². The van der Waals surface area contributed by atoms with Crippen LogP contribution in [0.5, 0.6) is 0 Å². The van der Waals surface area contributed by atoms with Crippen LogP contribution in [0.2, 0.25) is 0 Å². The van der Waals surface area contributed by atoms with Gasteiger partial charge in [0.1, 0.15) is 10.8 Å². The van der Waals surface area contributed by atoms with E-state index in [1.54, 1.807) is 4.90 Å². The molecule has 0 aromatic heterocycles. The van der Waals surface area contributed by atoms with E-state index in [-0.39, 0.29) is 17.4 Å². The van der Waals surface area contributed by atoms with Gasteiger partial charge in [-0.25, -0.2) is 4.39 Å². The maximum absolute atomic E-state index is 13.1. The predicted octanol–water partition coefficient (Wildman–Crippen LogP) is 1.74. The predicted molar refractivity (Wildman–Crippen MR) is 78.7 cm³/mol. The Bertz CT molecular complexity index is 475. The maximum Gasteiger partial charge on any atom is 0.241 e. The molecule has 0 atom stereocenters. The zero-order chi connectivity index (χ0) is 14.4. The maximum atomic E-state index is 13.1. The molecule has 1 aromatic carbocycles. The molecule has 104 valence electrons. The highest BCUT2D eigenvalue weighted by Crippen LogP contribution is 2.16. The van der Waals surface area contributed by atoms with Gasteiger partial charge in [-0.15, -0.1) is 0 Å². The Morgan fingerprint density at radius 3 is 2.58 bits per heavy atom. The monoisotopic (exact) mass is 283 g/mol. The Labute approximate surface area is 117 Å². The number of nitrogens with zero attached hydrogens (tertiary/aromatic N) is 1. The first-order chi connectivity index (χ1) is 8.99. The molecular weight excluding hydrogens is 265 g/mol. The van der Waals surface area contributed by atoms with E-state index >= 15 is 0 Å². The van der Waals surface area contributed by atoms with Crippen LogP contribution >= 0.6 is 12.2 Å². The fourth-order valence-electron chi connectivity index (χ4n) is 1.73. The topological polar surface area (TPSA) is 58.4 Å². The molecule has 0 spiro atoms. The number of thiocarbonyl (C=S) groups is 1. The van der Waals surface area contributed by atoms with E-state index in [2.05, 4.69) is 5.32 Å². The van der Waals surface area contributed by atoms with Crippen LogP contribution < -0.4 is 11.1 Å². The zero-order valence-electron chi connectivity index (χ0n) is 11.1. The molecule has 3 N–H and O–H groups in total. The summed E-state index contributed by atoms with van der Waals surface area (Å²) in [6.07, 6.45) is 0. The number of rotatable bonds is 6. The third kappa shape index (κ3) is 4.17. The van der Waals surface area contributed by atoms with Crippen LogP contribution in [0.1, 0.15) is 19.4 Å². The summed E-state index contributed by atoms with van der Waals surface area (Å²) in [7, 11) is 0. The van der Waals surface area contributed by atoms with E-state index in [1.165, 1.54) is 18.2 Å². The van der Waals surface area contributed by atoms with Gasteiger partial charge in [0, 0.05) is 24.3 Å². The lowest BCUT2D eigenvalue weighted by Gasteiger charge is -2.19. The Kier molecular flexibility index (Phi) is 5.69. The lowest BCUT2D eigenvalue weighted by Crippen LogP contribution is -2.35. The molecule has 6 heteroatoms. The standard InChI is InChI=1S/C13H18FN3OS/c1-3-17(4-2)12(18)8-16-11-6-5-9(14)7-10(11)13(15)19/h5-7,16H,3-4,8H2,1-2H3,(H2,15,19). The fraction of sp³-hybridized carbons (Fsp3) is 0.385. The minimum absolute atomic E-state index is 0.0248. The molecule has 0 aliphatic heterocycles. The SMILES string of the molecule is CCN(CC)C(=O)CNc1ccc(F)cc1C(N)=S. The van der Waals surface area contributed by atoms with Gasteiger partial charge in [-0.2, -0.15) is 0 Å². The van der Waals surface area contributed by atoms with Crippen LogP contribution in [0.3, 0.4) is 0 Å². The summed E-state index contributed by atoms with van der Waals surface area (Å²) in [5.74, 6) is -0.438. The quantitative estimate of drug-likeness (QED) is 0.781. The van der Waals surface area contributed by atoms with Crippen LogP contribution in [0.4, 0.5) is 10.1 Å². The first kappa shape index (κ1) is 15.4. The van der Waals surface area contributed by atoms with Gasteiger partial charge in [0.2, 0.25) is 5.91 Å². The van der Waals surface area contributed by atoms with E-state index in [0.717, 1.165) is 0 Å². The average molecular weight is 283 g/mol. The van der Waals surface area contributed by atoms with E-state index in [1.807, 2.05) is 13.8 Å². The highest BCUT2D eigenvalue weighted by Gasteiger charge is 2.11. The molecule has 1 amide bonds. The summed E-state index contributed by atoms with van der Waals surface area (Å²) in [4.78, 5) is 13.7. The van der Waals surface area contributed by atoms with Crippen LogP contribution in [-0.2, 0) is 4.79 Å². The van der Waals surface area contributed by atoms with Gasteiger partial charge in [-0.05, 0) is 32.0 Å². The zero-order valence-corrected chi connectivity index (χ0v) is 11.9. The molecule has 0 radical (unpaired) electrons. The van der Waals surface area contributed by atoms with Crippen molar-refractivity contribution in [1.82, 2.24) is 4.90 Å². The molecule has 19 heavy (non-hydrogen) atoms. The smallest absolute Gasteiger partial charge is 0.241 e. The number of hydrogen-bond donors (Lipinski definition) is 2. The molecule has 4 nitrogen and oxygen atoms in total. The number of likely N-dealkylation sites (N-methyl/N-ethyl adjacent to an activating group) is 1. The first-order valence-corrected chi connectivity index (χ1v) is 6.51. The minimum Gasteiger partial charge on any atom is -0.389 e. The van der Waals surface area contributed by atoms with Crippen molar-refractivity contribution < 1.29 is 9.18 Å². The van der Waals surface area contributed by atoms with Crippen LogP contribution in [0.25, 0.3) is 0 Å². The summed E-state index contributed by atoms with van der Waals surface area (Å²) >= 11 is 4.86. The number of anilines is 1. The van der Waals surface area contributed by atoms with Crippen LogP contribution in [-0.4, -0.2) is 35.4 Å². The molecule has 0 saturated heterocycles. The number of carbonyl (C=O) groups is 1. The molecule has 0 saturated carbocycles. The molecule has 0 unspecified atom stereocenters. The average Bonchev–Trinajstić information content (AvgIpc) is 2.38. The van der Waals surface area contributed by atoms with Crippen molar-refractivity contribution >= 4 is 28.8 Å². The Morgan fingerprint density at radius 2 is 2.05 bits per heavy atom. The largest absolute Gasteiger partial charge is 0.389 e. The molecule has 0 fully saturated rings. The molecular formula is C13H18FN3OS. The third-order valence-corrected chi connectivity index (χ3v) is 3.01. The molecule has 0 heterocycles. The van der Waals surface area contributed by atoms with Crippen molar-refractivity contribution in [2.75, 3.05) is 25.0 Å². The molecule has 1 rings (SSSR count). The summed E-state index contributed by atoms with van der Waals surface area (Å²) in [6, 6.07) is 4.08. The van der Waals surface area contributed by atoms with Crippen molar-refractivity contribution in [1.29, 1.82) is 0 Å². The number of carbonyl (C=O) groups excluding carboxylic acids is 1. The minimum atomic E-state index is -0.414. The number of hydrogen-bond acceptors (Lipinski definition) is 3. The Morgan fingerprint density at radius 1 is 1.42 bits per heavy atom. The van der Waals surface area contributed by atoms with Crippen molar-refractivity contribution in [3.8, 4) is 0 Å². The summed E-state index contributed by atoms with van der Waals surface area (Å²) in [5.41, 5.74) is 6.50. The second-order valence-electron chi connectivity index (χ2n) is 3.97. The van der Waals surface area contributed by atoms with Gasteiger partial charge in [0.15, 0.2) is 0 Å². The van der Waals surface area contributed by atoms with E-state index in [9.17, 15) is 9.18 Å². The van der Waals surface area contributed by atoms with Gasteiger partial charge >= 0.3 is 0 Å². The third-order valence-electron chi connectivity index (χ3n) is 2.79. The van der Waals surface area contributed by atoms with Crippen molar-refractivity contribution in [3.05, 3.63) is 29.6 Å². The normalized spacial score (nSPS) is 10.1. The second-order valence-corrected chi connectivity index (χ2v) is 4.41. The summed E-state index contributed by atoms with van der Waals surface area (Å²) < 4.78 is 13.1. The lowest BCUT2D eigenvalue weighted by atomic mass is 10.1. The van der Waals surface area contributed by atoms with Crippen LogP contribution in [0, 0.1) is 5.82 Å². The molecule has 0 aliphatic rings. The van der Waals surface area contributed by atoms with Crippen molar-refractivity contribution in [3.63, 3.8) is 0 Å². The number of halogens is 1. The highest BCUT2D eigenvalue weighted by molar-refractivity contribution is 7.80. The molecule has 0 aliphatic carbocycles. The Hall–Kier alpha value is -1.69. The first-order valence-electron chi connectivity index (χ1n) is 6.10. The Balaban J connectivity index is 2.78. The fourth-order valence-corrected chi connectivity index (χ4v) is 1.90. The molecule has 0 bridgehead atoms. The van der Waals surface area contributed by atoms with Gasteiger partial charge < -0.3 is 16.0 Å². The van der Waals surface area contributed by atoms with Crippen molar-refractivity contribution in [2.45, 2.75) is 13.8 Å². The second kappa shape index (κ2) is 7.04. The number of amides is 1. The summed E-state index contributed by atoms with van der Waals surface area (Å²) in [5, 5.41) is 2.95. The number of nitrogens with one attached hydrogen (secondary N) is 1. The van der Waals surface area contributed by atoms with Gasteiger partial charge in [0.05, 0.1) is 6.54 Å². The van der Waals surface area contributed by atoms with Crippen LogP contribution in [0.15, 0.2) is 18.2 Å².